The molecular weight excluding hydrogens is 218 g/mol. The Morgan fingerprint density at radius 2 is 2.38 bits per heavy atom. The average Bonchev–Trinajstić information content (AvgIpc) is 2.89. The van der Waals surface area contributed by atoms with Crippen LogP contribution in [0.5, 0.6) is 0 Å². The van der Waals surface area contributed by atoms with E-state index in [0.29, 0.717) is 0 Å². The molecule has 2 heterocycles. The summed E-state index contributed by atoms with van der Waals surface area (Å²) in [5.41, 5.74) is 0. The molecule has 0 radical (unpaired) electrons. The van der Waals surface area contributed by atoms with E-state index >= 15 is 0 Å². The van der Waals surface area contributed by atoms with Gasteiger partial charge in [-0.2, -0.15) is 5.10 Å². The Hall–Kier alpha value is -1.13. The summed E-state index contributed by atoms with van der Waals surface area (Å²) in [6, 6.07) is 6.33. The van der Waals surface area contributed by atoms with E-state index in [-0.39, 0.29) is 0 Å². The van der Waals surface area contributed by atoms with Crippen molar-refractivity contribution in [2.24, 2.45) is 0 Å². The summed E-state index contributed by atoms with van der Waals surface area (Å²) in [6.45, 7) is 5.16. The number of nitrogens with one attached hydrogen (secondary N) is 1. The molecule has 3 nitrogen and oxygen atoms in total. The smallest absolute Gasteiger partial charge is 0.0489 e. The zero-order chi connectivity index (χ0) is 11.2. The summed E-state index contributed by atoms with van der Waals surface area (Å²) in [6.07, 6.45) is 4.94. The van der Waals surface area contributed by atoms with E-state index in [0.717, 1.165) is 26.1 Å². The van der Waals surface area contributed by atoms with Crippen LogP contribution in [0.4, 0.5) is 0 Å². The first-order chi connectivity index (χ1) is 7.84. The fourth-order valence-electron chi connectivity index (χ4n) is 1.59. The summed E-state index contributed by atoms with van der Waals surface area (Å²) >= 11 is 1.86. The molecule has 0 saturated carbocycles. The highest BCUT2D eigenvalue weighted by atomic mass is 32.1. The lowest BCUT2D eigenvalue weighted by molar-refractivity contribution is 0.544. The minimum atomic E-state index is 0.984. The van der Waals surface area contributed by atoms with Crippen LogP contribution in [0.2, 0.25) is 0 Å². The fourth-order valence-corrected chi connectivity index (χ4v) is 2.45. The van der Waals surface area contributed by atoms with Gasteiger partial charge in [-0.15, -0.1) is 11.3 Å². The van der Waals surface area contributed by atoms with Gasteiger partial charge >= 0.3 is 0 Å². The quantitative estimate of drug-likeness (QED) is 0.779. The average molecular weight is 235 g/mol. The van der Waals surface area contributed by atoms with Crippen LogP contribution >= 0.6 is 11.3 Å². The molecule has 0 spiro atoms. The molecule has 0 bridgehead atoms. The van der Waals surface area contributed by atoms with Gasteiger partial charge in [0.2, 0.25) is 0 Å². The number of aryl methyl sites for hydroxylation is 2. The van der Waals surface area contributed by atoms with Crippen molar-refractivity contribution in [3.63, 3.8) is 0 Å². The van der Waals surface area contributed by atoms with Gasteiger partial charge in [-0.25, -0.2) is 0 Å². The lowest BCUT2D eigenvalue weighted by Gasteiger charge is -2.03. The standard InChI is InChI=1S/C12H17N3S/c1-11-4-5-12(16-11)10-13-6-2-8-15-9-3-7-14-15/h3-5,7,9,13H,2,6,8,10H2,1H3. The Labute approximate surface area is 100 Å². The van der Waals surface area contributed by atoms with Crippen molar-refractivity contribution < 1.29 is 0 Å². The van der Waals surface area contributed by atoms with Crippen LogP contribution < -0.4 is 5.32 Å². The number of aromatic nitrogens is 2. The van der Waals surface area contributed by atoms with E-state index in [9.17, 15) is 0 Å². The molecule has 2 rings (SSSR count). The van der Waals surface area contributed by atoms with Gasteiger partial charge in [0, 0.05) is 35.2 Å². The molecule has 0 amide bonds. The predicted molar refractivity (Wildman–Crippen MR) is 67.6 cm³/mol. The molecule has 4 heteroatoms. The highest BCUT2D eigenvalue weighted by Crippen LogP contribution is 2.14. The Kier molecular flexibility index (Phi) is 4.13. The zero-order valence-electron chi connectivity index (χ0n) is 9.52. The lowest BCUT2D eigenvalue weighted by Crippen LogP contribution is -2.15. The van der Waals surface area contributed by atoms with Crippen LogP contribution in [0.1, 0.15) is 16.2 Å². The molecular formula is C12H17N3S. The predicted octanol–water partition coefficient (Wildman–Crippen LogP) is 2.43. The van der Waals surface area contributed by atoms with Crippen molar-refractivity contribution in [3.05, 3.63) is 40.3 Å². The van der Waals surface area contributed by atoms with Crippen LogP contribution in [-0.4, -0.2) is 16.3 Å². The number of nitrogens with zero attached hydrogens (tertiary/aromatic N) is 2. The minimum Gasteiger partial charge on any atom is -0.312 e. The molecule has 2 aromatic heterocycles. The number of thiophene rings is 1. The molecule has 0 aliphatic rings. The second kappa shape index (κ2) is 5.82. The molecule has 0 saturated heterocycles. The van der Waals surface area contributed by atoms with Crippen LogP contribution in [0.15, 0.2) is 30.6 Å². The Balaban J connectivity index is 1.59. The van der Waals surface area contributed by atoms with E-state index in [1.54, 1.807) is 0 Å². The Bertz CT molecular complexity index is 406. The molecule has 0 aliphatic heterocycles. The molecule has 0 atom stereocenters. The van der Waals surface area contributed by atoms with Crippen molar-refractivity contribution in [1.29, 1.82) is 0 Å². The molecule has 2 aromatic rings. The molecule has 16 heavy (non-hydrogen) atoms. The van der Waals surface area contributed by atoms with Gasteiger partial charge in [-0.05, 0) is 38.1 Å². The third kappa shape index (κ3) is 3.47. The lowest BCUT2D eigenvalue weighted by atomic mass is 10.4. The summed E-state index contributed by atoms with van der Waals surface area (Å²) in [5, 5.41) is 7.61. The molecule has 1 N–H and O–H groups in total. The van der Waals surface area contributed by atoms with Gasteiger partial charge in [0.15, 0.2) is 0 Å². The van der Waals surface area contributed by atoms with Crippen molar-refractivity contribution in [1.82, 2.24) is 15.1 Å². The molecule has 0 unspecified atom stereocenters. The van der Waals surface area contributed by atoms with E-state index in [1.807, 2.05) is 34.5 Å². The van der Waals surface area contributed by atoms with Crippen molar-refractivity contribution in [3.8, 4) is 0 Å². The molecule has 0 fully saturated rings. The maximum Gasteiger partial charge on any atom is 0.0489 e. The van der Waals surface area contributed by atoms with E-state index in [4.69, 9.17) is 0 Å². The van der Waals surface area contributed by atoms with E-state index in [1.165, 1.54) is 9.75 Å². The number of hydrogen-bond acceptors (Lipinski definition) is 3. The summed E-state index contributed by atoms with van der Waals surface area (Å²) < 4.78 is 1.97. The first-order valence-electron chi connectivity index (χ1n) is 5.58. The van der Waals surface area contributed by atoms with Crippen LogP contribution in [0, 0.1) is 6.92 Å². The summed E-state index contributed by atoms with van der Waals surface area (Å²) in [5.74, 6) is 0. The van der Waals surface area contributed by atoms with Crippen molar-refractivity contribution in [2.45, 2.75) is 26.4 Å². The summed E-state index contributed by atoms with van der Waals surface area (Å²) in [4.78, 5) is 2.80. The maximum absolute atomic E-state index is 4.17. The van der Waals surface area contributed by atoms with Crippen LogP contribution in [0.3, 0.4) is 0 Å². The van der Waals surface area contributed by atoms with Crippen LogP contribution in [0.25, 0.3) is 0 Å². The van der Waals surface area contributed by atoms with Gasteiger partial charge in [0.25, 0.3) is 0 Å². The zero-order valence-corrected chi connectivity index (χ0v) is 10.3. The Morgan fingerprint density at radius 1 is 1.44 bits per heavy atom. The fraction of sp³-hybridized carbons (Fsp3) is 0.417. The molecule has 0 aromatic carbocycles. The molecule has 86 valence electrons. The second-order valence-electron chi connectivity index (χ2n) is 3.81. The first kappa shape index (κ1) is 11.4. The first-order valence-corrected chi connectivity index (χ1v) is 6.40. The number of hydrogen-bond donors (Lipinski definition) is 1. The third-order valence-electron chi connectivity index (χ3n) is 2.40. The van der Waals surface area contributed by atoms with E-state index < -0.39 is 0 Å². The largest absolute Gasteiger partial charge is 0.312 e. The second-order valence-corrected chi connectivity index (χ2v) is 5.18. The topological polar surface area (TPSA) is 29.9 Å². The highest BCUT2D eigenvalue weighted by molar-refractivity contribution is 7.11. The monoisotopic (exact) mass is 235 g/mol. The SMILES string of the molecule is Cc1ccc(CNCCCn2cccn2)s1. The van der Waals surface area contributed by atoms with E-state index in [2.05, 4.69) is 29.5 Å². The number of rotatable bonds is 6. The van der Waals surface area contributed by atoms with Gasteiger partial charge in [-0.3, -0.25) is 4.68 Å². The third-order valence-corrected chi connectivity index (χ3v) is 3.40. The van der Waals surface area contributed by atoms with Gasteiger partial charge in [0.1, 0.15) is 0 Å². The summed E-state index contributed by atoms with van der Waals surface area (Å²) in [7, 11) is 0. The van der Waals surface area contributed by atoms with Crippen LogP contribution in [-0.2, 0) is 13.1 Å². The maximum atomic E-state index is 4.17. The van der Waals surface area contributed by atoms with Crippen molar-refractivity contribution >= 4 is 11.3 Å². The molecule has 0 aliphatic carbocycles. The van der Waals surface area contributed by atoms with Gasteiger partial charge in [0.05, 0.1) is 0 Å². The Morgan fingerprint density at radius 3 is 3.06 bits per heavy atom. The van der Waals surface area contributed by atoms with Gasteiger partial charge in [-0.1, -0.05) is 0 Å². The van der Waals surface area contributed by atoms with Crippen molar-refractivity contribution in [2.75, 3.05) is 6.54 Å². The normalized spacial score (nSPS) is 10.8. The van der Waals surface area contributed by atoms with Gasteiger partial charge < -0.3 is 5.32 Å². The highest BCUT2D eigenvalue weighted by Gasteiger charge is 1.96. The minimum absolute atomic E-state index is 0.984.